The Hall–Kier alpha value is -1.03. The summed E-state index contributed by atoms with van der Waals surface area (Å²) in [6.07, 6.45) is 0. The van der Waals surface area contributed by atoms with Gasteiger partial charge in [-0.2, -0.15) is 0 Å². The molecule has 0 aromatic heterocycles. The highest BCUT2D eigenvalue weighted by Crippen LogP contribution is 2.31. The summed E-state index contributed by atoms with van der Waals surface area (Å²) in [5.74, 6) is -1.11. The first-order valence-electron chi connectivity index (χ1n) is 4.19. The molecule has 0 fully saturated rings. The zero-order chi connectivity index (χ0) is 10.9. The van der Waals surface area contributed by atoms with Gasteiger partial charge < -0.3 is 10.2 Å². The second-order valence-corrected chi connectivity index (χ2v) is 4.21. The summed E-state index contributed by atoms with van der Waals surface area (Å²) in [5.41, 5.74) is 0.815. The topological polar surface area (TPSA) is 57.5 Å². The lowest BCUT2D eigenvalue weighted by atomic mass is 10.0. The number of hydrogen-bond acceptors (Lipinski definition) is 2. The molecule has 0 aliphatic carbocycles. The van der Waals surface area contributed by atoms with Gasteiger partial charge in [0.05, 0.1) is 4.47 Å². The summed E-state index contributed by atoms with van der Waals surface area (Å²) in [6, 6.07) is 3.22. The Morgan fingerprint density at radius 2 is 2.00 bits per heavy atom. The summed E-state index contributed by atoms with van der Waals surface area (Å²) in [7, 11) is 0. The van der Waals surface area contributed by atoms with E-state index >= 15 is 0 Å². The third-order valence-corrected chi connectivity index (χ3v) is 2.59. The molecule has 1 aromatic rings. The van der Waals surface area contributed by atoms with Crippen LogP contribution in [0.4, 0.5) is 0 Å². The highest BCUT2D eigenvalue weighted by Gasteiger charge is 2.15. The molecular formula is C10H11BrO3. The van der Waals surface area contributed by atoms with Gasteiger partial charge in [0, 0.05) is 0 Å². The van der Waals surface area contributed by atoms with E-state index in [2.05, 4.69) is 15.9 Å². The minimum Gasteiger partial charge on any atom is -0.506 e. The van der Waals surface area contributed by atoms with Crippen molar-refractivity contribution in [1.82, 2.24) is 0 Å². The lowest BCUT2D eigenvalue weighted by Gasteiger charge is -2.09. The van der Waals surface area contributed by atoms with Crippen LogP contribution in [0, 0.1) is 0 Å². The van der Waals surface area contributed by atoms with Gasteiger partial charge >= 0.3 is 5.97 Å². The summed E-state index contributed by atoms with van der Waals surface area (Å²) in [6.45, 7) is 3.93. The Kier molecular flexibility index (Phi) is 3.16. The number of hydrogen-bond donors (Lipinski definition) is 2. The second-order valence-electron chi connectivity index (χ2n) is 3.36. The van der Waals surface area contributed by atoms with Gasteiger partial charge in [-0.25, -0.2) is 4.79 Å². The number of rotatable bonds is 2. The molecule has 0 unspecified atom stereocenters. The van der Waals surface area contributed by atoms with Crippen LogP contribution in [0.25, 0.3) is 0 Å². The number of phenols is 1. The molecule has 1 rings (SSSR count). The van der Waals surface area contributed by atoms with Crippen LogP contribution in [0.3, 0.4) is 0 Å². The molecule has 0 bridgehead atoms. The largest absolute Gasteiger partial charge is 0.506 e. The van der Waals surface area contributed by atoms with Crippen LogP contribution in [0.2, 0.25) is 0 Å². The normalized spacial score (nSPS) is 10.6. The fraction of sp³-hybridized carbons (Fsp3) is 0.300. The van der Waals surface area contributed by atoms with E-state index in [0.29, 0.717) is 4.47 Å². The van der Waals surface area contributed by atoms with Crippen LogP contribution in [0.1, 0.15) is 35.7 Å². The lowest BCUT2D eigenvalue weighted by molar-refractivity contribution is 0.0693. The summed E-state index contributed by atoms with van der Waals surface area (Å²) in [5, 5.41) is 18.3. The van der Waals surface area contributed by atoms with Crippen molar-refractivity contribution < 1.29 is 15.0 Å². The number of aromatic hydroxyl groups is 1. The van der Waals surface area contributed by atoms with Gasteiger partial charge in [-0.05, 0) is 39.5 Å². The molecule has 14 heavy (non-hydrogen) atoms. The van der Waals surface area contributed by atoms with Crippen LogP contribution in [0.15, 0.2) is 16.6 Å². The lowest BCUT2D eigenvalue weighted by Crippen LogP contribution is -2.00. The molecule has 1 aromatic carbocycles. The summed E-state index contributed by atoms with van der Waals surface area (Å²) >= 11 is 3.12. The highest BCUT2D eigenvalue weighted by atomic mass is 79.9. The van der Waals surface area contributed by atoms with Crippen molar-refractivity contribution in [1.29, 1.82) is 0 Å². The van der Waals surface area contributed by atoms with E-state index < -0.39 is 5.97 Å². The van der Waals surface area contributed by atoms with Crippen molar-refractivity contribution in [3.8, 4) is 5.75 Å². The molecule has 0 atom stereocenters. The number of carboxylic acid groups (broad SMARTS) is 1. The summed E-state index contributed by atoms with van der Waals surface area (Å²) < 4.78 is 0.418. The van der Waals surface area contributed by atoms with Crippen molar-refractivity contribution in [2.24, 2.45) is 0 Å². The molecule has 0 aliphatic heterocycles. The van der Waals surface area contributed by atoms with Gasteiger partial charge in [0.15, 0.2) is 0 Å². The maximum Gasteiger partial charge on any atom is 0.339 e. The molecule has 3 nitrogen and oxygen atoms in total. The molecule has 0 amide bonds. The quantitative estimate of drug-likeness (QED) is 0.858. The Morgan fingerprint density at radius 3 is 2.43 bits per heavy atom. The van der Waals surface area contributed by atoms with Crippen molar-refractivity contribution in [3.05, 3.63) is 27.7 Å². The van der Waals surface area contributed by atoms with E-state index in [4.69, 9.17) is 5.11 Å². The smallest absolute Gasteiger partial charge is 0.339 e. The number of carbonyl (C=O) groups is 1. The number of carboxylic acids is 1. The Balaban J connectivity index is 3.35. The van der Waals surface area contributed by atoms with E-state index in [9.17, 15) is 9.90 Å². The number of halogens is 1. The molecule has 0 saturated carbocycles. The predicted molar refractivity (Wildman–Crippen MR) is 56.9 cm³/mol. The molecule has 0 saturated heterocycles. The van der Waals surface area contributed by atoms with E-state index in [1.54, 1.807) is 6.07 Å². The standard InChI is InChI=1S/C10H11BrO3/c1-5(2)6-3-7(10(13)14)9(12)8(11)4-6/h3-5,12H,1-2H3,(H,13,14). The third kappa shape index (κ3) is 2.07. The van der Waals surface area contributed by atoms with Crippen molar-refractivity contribution >= 4 is 21.9 Å². The molecule has 0 spiro atoms. The molecule has 0 aliphatic rings. The van der Waals surface area contributed by atoms with Crippen LogP contribution >= 0.6 is 15.9 Å². The van der Waals surface area contributed by atoms with E-state index in [-0.39, 0.29) is 17.2 Å². The van der Waals surface area contributed by atoms with Crippen LogP contribution < -0.4 is 0 Å². The minimum absolute atomic E-state index is 0.0666. The molecular weight excluding hydrogens is 248 g/mol. The van der Waals surface area contributed by atoms with Gasteiger partial charge in [-0.1, -0.05) is 13.8 Å². The average molecular weight is 259 g/mol. The fourth-order valence-electron chi connectivity index (χ4n) is 1.12. The second kappa shape index (κ2) is 4.00. The average Bonchev–Trinajstić information content (AvgIpc) is 2.08. The first-order chi connectivity index (χ1) is 6.43. The van der Waals surface area contributed by atoms with Crippen molar-refractivity contribution in [3.63, 3.8) is 0 Å². The van der Waals surface area contributed by atoms with Crippen LogP contribution in [-0.2, 0) is 0 Å². The zero-order valence-electron chi connectivity index (χ0n) is 7.91. The SMILES string of the molecule is CC(C)c1cc(Br)c(O)c(C(=O)O)c1. The summed E-state index contributed by atoms with van der Waals surface area (Å²) in [4.78, 5) is 10.8. The zero-order valence-corrected chi connectivity index (χ0v) is 9.50. The van der Waals surface area contributed by atoms with Crippen LogP contribution in [0.5, 0.6) is 5.75 Å². The van der Waals surface area contributed by atoms with E-state index in [0.717, 1.165) is 5.56 Å². The van der Waals surface area contributed by atoms with E-state index in [1.165, 1.54) is 6.07 Å². The predicted octanol–water partition coefficient (Wildman–Crippen LogP) is 2.98. The molecule has 0 heterocycles. The molecule has 76 valence electrons. The van der Waals surface area contributed by atoms with Crippen LogP contribution in [-0.4, -0.2) is 16.2 Å². The maximum absolute atomic E-state index is 10.8. The molecule has 0 radical (unpaired) electrons. The number of benzene rings is 1. The molecule has 4 heteroatoms. The van der Waals surface area contributed by atoms with Gasteiger partial charge in [-0.15, -0.1) is 0 Å². The maximum atomic E-state index is 10.8. The first kappa shape index (κ1) is 11.0. The Labute approximate surface area is 90.5 Å². The Bertz CT molecular complexity index is 372. The number of aromatic carboxylic acids is 1. The third-order valence-electron chi connectivity index (χ3n) is 1.98. The van der Waals surface area contributed by atoms with Gasteiger partial charge in [-0.3, -0.25) is 0 Å². The Morgan fingerprint density at radius 1 is 1.43 bits per heavy atom. The minimum atomic E-state index is -1.12. The fourth-order valence-corrected chi connectivity index (χ4v) is 1.59. The monoisotopic (exact) mass is 258 g/mol. The first-order valence-corrected chi connectivity index (χ1v) is 4.98. The van der Waals surface area contributed by atoms with Gasteiger partial charge in [0.2, 0.25) is 0 Å². The van der Waals surface area contributed by atoms with Gasteiger partial charge in [0.1, 0.15) is 11.3 Å². The molecule has 2 N–H and O–H groups in total. The van der Waals surface area contributed by atoms with Gasteiger partial charge in [0.25, 0.3) is 0 Å². The highest BCUT2D eigenvalue weighted by molar-refractivity contribution is 9.10. The van der Waals surface area contributed by atoms with E-state index in [1.807, 2.05) is 13.8 Å². The van der Waals surface area contributed by atoms with Crippen molar-refractivity contribution in [2.45, 2.75) is 19.8 Å². The van der Waals surface area contributed by atoms with Crippen molar-refractivity contribution in [2.75, 3.05) is 0 Å².